The van der Waals surface area contributed by atoms with E-state index in [1.54, 1.807) is 24.3 Å². The van der Waals surface area contributed by atoms with Gasteiger partial charge in [-0.2, -0.15) is 0 Å². The summed E-state index contributed by atoms with van der Waals surface area (Å²) in [5.41, 5.74) is 0.734. The fourth-order valence-electron chi connectivity index (χ4n) is 1.72. The number of nitrogens with one attached hydrogen (secondary N) is 1. The van der Waals surface area contributed by atoms with Crippen molar-refractivity contribution >= 4 is 23.2 Å². The summed E-state index contributed by atoms with van der Waals surface area (Å²) in [7, 11) is 0. The molecule has 20 heavy (non-hydrogen) atoms. The van der Waals surface area contributed by atoms with Crippen LogP contribution in [-0.4, -0.2) is 6.54 Å². The predicted molar refractivity (Wildman–Crippen MR) is 80.3 cm³/mol. The first-order valence-electron chi connectivity index (χ1n) is 6.22. The van der Waals surface area contributed by atoms with Crippen LogP contribution in [0.15, 0.2) is 36.4 Å². The van der Waals surface area contributed by atoms with E-state index in [2.05, 4.69) is 5.32 Å². The van der Waals surface area contributed by atoms with Gasteiger partial charge in [0, 0.05) is 17.1 Å². The van der Waals surface area contributed by atoms with Crippen LogP contribution in [0.2, 0.25) is 10.0 Å². The predicted octanol–water partition coefficient (Wildman–Crippen LogP) is 5.03. The number of benzene rings is 2. The molecule has 2 nitrogen and oxygen atoms in total. The molecule has 0 atom stereocenters. The third-order valence-electron chi connectivity index (χ3n) is 2.70. The first kappa shape index (κ1) is 15.1. The standard InChI is InChI=1S/C15H14Cl2FNO/c1-2-19-9-10-7-12(18)4-6-14(10)20-15-5-3-11(16)8-13(15)17/h3-8,19H,2,9H2,1H3. The molecule has 0 unspecified atom stereocenters. The average molecular weight is 314 g/mol. The summed E-state index contributed by atoms with van der Waals surface area (Å²) in [5.74, 6) is 0.754. The van der Waals surface area contributed by atoms with Gasteiger partial charge in [0.2, 0.25) is 0 Å². The molecule has 0 saturated carbocycles. The Labute approximate surface area is 127 Å². The highest BCUT2D eigenvalue weighted by atomic mass is 35.5. The van der Waals surface area contributed by atoms with Gasteiger partial charge in [0.1, 0.15) is 17.3 Å². The minimum atomic E-state index is -0.299. The lowest BCUT2D eigenvalue weighted by Crippen LogP contribution is -2.12. The van der Waals surface area contributed by atoms with Crippen LogP contribution in [-0.2, 0) is 6.54 Å². The van der Waals surface area contributed by atoms with Crippen LogP contribution < -0.4 is 10.1 Å². The van der Waals surface area contributed by atoms with Crippen LogP contribution in [0.4, 0.5) is 4.39 Å². The van der Waals surface area contributed by atoms with Crippen molar-refractivity contribution in [1.82, 2.24) is 5.32 Å². The van der Waals surface area contributed by atoms with E-state index in [1.165, 1.54) is 12.1 Å². The molecule has 0 saturated heterocycles. The topological polar surface area (TPSA) is 21.3 Å². The van der Waals surface area contributed by atoms with Crippen molar-refractivity contribution in [3.63, 3.8) is 0 Å². The molecule has 2 aromatic carbocycles. The molecule has 0 spiro atoms. The molecule has 0 bridgehead atoms. The minimum Gasteiger partial charge on any atom is -0.455 e. The molecule has 106 valence electrons. The Morgan fingerprint density at radius 3 is 2.55 bits per heavy atom. The van der Waals surface area contributed by atoms with Gasteiger partial charge in [-0.25, -0.2) is 4.39 Å². The molecule has 2 aromatic rings. The van der Waals surface area contributed by atoms with Crippen LogP contribution in [0.25, 0.3) is 0 Å². The maximum atomic E-state index is 13.3. The molecular weight excluding hydrogens is 300 g/mol. The van der Waals surface area contributed by atoms with Gasteiger partial charge in [-0.05, 0) is 42.9 Å². The minimum absolute atomic E-state index is 0.299. The van der Waals surface area contributed by atoms with E-state index in [-0.39, 0.29) is 5.82 Å². The van der Waals surface area contributed by atoms with Crippen molar-refractivity contribution in [2.75, 3.05) is 6.54 Å². The molecule has 1 N–H and O–H groups in total. The second kappa shape index (κ2) is 6.93. The Hall–Kier alpha value is -1.29. The van der Waals surface area contributed by atoms with Crippen molar-refractivity contribution in [2.24, 2.45) is 0 Å². The largest absolute Gasteiger partial charge is 0.455 e. The fraction of sp³-hybridized carbons (Fsp3) is 0.200. The van der Waals surface area contributed by atoms with Crippen molar-refractivity contribution < 1.29 is 9.13 Å². The summed E-state index contributed by atoms with van der Waals surface area (Å²) in [6.07, 6.45) is 0. The summed E-state index contributed by atoms with van der Waals surface area (Å²) >= 11 is 11.9. The molecule has 5 heteroatoms. The molecular formula is C15H14Cl2FNO. The van der Waals surface area contributed by atoms with Crippen LogP contribution in [0, 0.1) is 5.82 Å². The quantitative estimate of drug-likeness (QED) is 0.835. The molecule has 0 aliphatic carbocycles. The Kier molecular flexibility index (Phi) is 5.24. The second-order valence-corrected chi connectivity index (χ2v) is 5.05. The maximum absolute atomic E-state index is 13.3. The zero-order valence-electron chi connectivity index (χ0n) is 10.9. The van der Waals surface area contributed by atoms with Crippen LogP contribution in [0.1, 0.15) is 12.5 Å². The summed E-state index contributed by atoms with van der Waals surface area (Å²) < 4.78 is 19.1. The van der Waals surface area contributed by atoms with E-state index in [0.717, 1.165) is 12.1 Å². The van der Waals surface area contributed by atoms with Crippen LogP contribution >= 0.6 is 23.2 Å². The van der Waals surface area contributed by atoms with Gasteiger partial charge in [-0.15, -0.1) is 0 Å². The van der Waals surface area contributed by atoms with Gasteiger partial charge in [-0.1, -0.05) is 30.1 Å². The fourth-order valence-corrected chi connectivity index (χ4v) is 2.17. The lowest BCUT2D eigenvalue weighted by atomic mass is 10.2. The van der Waals surface area contributed by atoms with Crippen LogP contribution in [0.3, 0.4) is 0 Å². The van der Waals surface area contributed by atoms with Gasteiger partial charge in [0.15, 0.2) is 0 Å². The SMILES string of the molecule is CCNCc1cc(F)ccc1Oc1ccc(Cl)cc1Cl. The van der Waals surface area contributed by atoms with E-state index in [1.807, 2.05) is 6.92 Å². The number of halogens is 3. The molecule has 0 fully saturated rings. The highest BCUT2D eigenvalue weighted by Crippen LogP contribution is 2.33. The smallest absolute Gasteiger partial charge is 0.146 e. The van der Waals surface area contributed by atoms with E-state index >= 15 is 0 Å². The van der Waals surface area contributed by atoms with E-state index < -0.39 is 0 Å². The van der Waals surface area contributed by atoms with Crippen molar-refractivity contribution in [3.05, 3.63) is 57.8 Å². The third kappa shape index (κ3) is 3.85. The lowest BCUT2D eigenvalue weighted by Gasteiger charge is -2.13. The van der Waals surface area contributed by atoms with Gasteiger partial charge in [0.05, 0.1) is 5.02 Å². The van der Waals surface area contributed by atoms with Gasteiger partial charge >= 0.3 is 0 Å². The summed E-state index contributed by atoms with van der Waals surface area (Å²) in [6.45, 7) is 3.29. The lowest BCUT2D eigenvalue weighted by molar-refractivity contribution is 0.471. The zero-order chi connectivity index (χ0) is 14.5. The average Bonchev–Trinajstić information content (AvgIpc) is 2.41. The highest BCUT2D eigenvalue weighted by Gasteiger charge is 2.09. The van der Waals surface area contributed by atoms with Crippen molar-refractivity contribution in [1.29, 1.82) is 0 Å². The Balaban J connectivity index is 2.27. The number of hydrogen-bond donors (Lipinski definition) is 1. The molecule has 2 rings (SSSR count). The molecule has 0 amide bonds. The Morgan fingerprint density at radius 2 is 1.85 bits per heavy atom. The molecule has 0 heterocycles. The maximum Gasteiger partial charge on any atom is 0.146 e. The zero-order valence-corrected chi connectivity index (χ0v) is 12.4. The normalized spacial score (nSPS) is 10.6. The number of hydrogen-bond acceptors (Lipinski definition) is 2. The van der Waals surface area contributed by atoms with Crippen LogP contribution in [0.5, 0.6) is 11.5 Å². The molecule has 0 radical (unpaired) electrons. The Bertz CT molecular complexity index is 604. The van der Waals surface area contributed by atoms with Crippen molar-refractivity contribution in [2.45, 2.75) is 13.5 Å². The Morgan fingerprint density at radius 1 is 1.10 bits per heavy atom. The summed E-state index contributed by atoms with van der Waals surface area (Å²) in [5, 5.41) is 4.09. The van der Waals surface area contributed by atoms with Gasteiger partial charge < -0.3 is 10.1 Å². The second-order valence-electron chi connectivity index (χ2n) is 4.21. The monoisotopic (exact) mass is 313 g/mol. The molecule has 0 aromatic heterocycles. The molecule has 0 aliphatic heterocycles. The van der Waals surface area contributed by atoms with Gasteiger partial charge in [0.25, 0.3) is 0 Å². The molecule has 0 aliphatic rings. The summed E-state index contributed by atoms with van der Waals surface area (Å²) in [4.78, 5) is 0. The summed E-state index contributed by atoms with van der Waals surface area (Å²) in [6, 6.07) is 9.37. The first-order valence-corrected chi connectivity index (χ1v) is 6.97. The third-order valence-corrected chi connectivity index (χ3v) is 3.23. The van der Waals surface area contributed by atoms with Crippen molar-refractivity contribution in [3.8, 4) is 11.5 Å². The van der Waals surface area contributed by atoms with E-state index in [0.29, 0.717) is 28.1 Å². The number of ether oxygens (including phenoxy) is 1. The van der Waals surface area contributed by atoms with E-state index in [4.69, 9.17) is 27.9 Å². The highest BCUT2D eigenvalue weighted by molar-refractivity contribution is 6.35. The van der Waals surface area contributed by atoms with E-state index in [9.17, 15) is 4.39 Å². The van der Waals surface area contributed by atoms with Gasteiger partial charge in [-0.3, -0.25) is 0 Å². The number of rotatable bonds is 5. The first-order chi connectivity index (χ1) is 9.60.